The first kappa shape index (κ1) is 23.9. The Balaban J connectivity index is 1.26. The molecule has 5 heterocycles. The summed E-state index contributed by atoms with van der Waals surface area (Å²) in [6.07, 6.45) is 0. The third-order valence-corrected chi connectivity index (χ3v) is 10.2. The lowest BCUT2D eigenvalue weighted by Crippen LogP contribution is -2.18. The zero-order valence-electron chi connectivity index (χ0n) is 24.9. The Bertz CT molecular complexity index is 3150. The molecule has 7 aromatic carbocycles. The van der Waals surface area contributed by atoms with Crippen molar-refractivity contribution in [2.45, 2.75) is 0 Å². The SMILES string of the molecule is c1ccc2cc(-c3nc(N4c5cccc6c7cccc8oc9ccc%10c%11cccc4c%11n(c56)c%10c9c87)nc4ccccc34)ccc2c1. The number of furan rings is 1. The molecule has 0 N–H and O–H groups in total. The van der Waals surface area contributed by atoms with Crippen LogP contribution in [0, 0.1) is 0 Å². The third-order valence-electron chi connectivity index (χ3n) is 10.2. The van der Waals surface area contributed by atoms with E-state index < -0.39 is 0 Å². The Hall–Kier alpha value is -6.46. The van der Waals surface area contributed by atoms with Crippen LogP contribution in [0.5, 0.6) is 0 Å². The van der Waals surface area contributed by atoms with E-state index in [0.29, 0.717) is 5.95 Å². The highest BCUT2D eigenvalue weighted by Crippen LogP contribution is 2.52. The molecule has 0 unspecified atom stereocenters. The van der Waals surface area contributed by atoms with Crippen LogP contribution < -0.4 is 4.90 Å². The molecule has 216 valence electrons. The van der Waals surface area contributed by atoms with Crippen LogP contribution in [0.25, 0.3) is 93.0 Å². The molecule has 0 bridgehead atoms. The van der Waals surface area contributed by atoms with E-state index in [1.165, 1.54) is 48.6 Å². The van der Waals surface area contributed by atoms with Crippen LogP contribution in [0.15, 0.2) is 138 Å². The van der Waals surface area contributed by atoms with Gasteiger partial charge in [-0.25, -0.2) is 9.97 Å². The second-order valence-electron chi connectivity index (χ2n) is 12.6. The molecule has 0 radical (unpaired) electrons. The van der Waals surface area contributed by atoms with Gasteiger partial charge < -0.3 is 8.82 Å². The van der Waals surface area contributed by atoms with Crippen molar-refractivity contribution in [3.05, 3.63) is 133 Å². The molecule has 1 aliphatic rings. The molecule has 11 aromatic rings. The lowest BCUT2D eigenvalue weighted by molar-refractivity contribution is 0.669. The topological polar surface area (TPSA) is 46.6 Å². The maximum atomic E-state index is 6.46. The summed E-state index contributed by atoms with van der Waals surface area (Å²) in [6.45, 7) is 0. The van der Waals surface area contributed by atoms with E-state index in [2.05, 4.69) is 143 Å². The van der Waals surface area contributed by atoms with Crippen LogP contribution in [0.4, 0.5) is 17.3 Å². The summed E-state index contributed by atoms with van der Waals surface area (Å²) >= 11 is 0. The number of hydrogen-bond donors (Lipinski definition) is 0. The number of nitrogens with zero attached hydrogens (tertiary/aromatic N) is 4. The Morgan fingerprint density at radius 1 is 0.468 bits per heavy atom. The standard InChI is InChI=1S/C42H22N4O/c1-2-9-24-22-25(19-18-23(24)8-1)38-30-10-3-4-14-31(30)43-42(44-38)45-32-15-5-12-27-26-11-7-17-34-36(26)37-35(47-34)21-20-29-28-13-6-16-33(45)40(28)46(39(27)32)41(29)37/h1-22H. The molecule has 12 rings (SSSR count). The Morgan fingerprint density at radius 3 is 2.02 bits per heavy atom. The summed E-state index contributed by atoms with van der Waals surface area (Å²) in [7, 11) is 0. The fraction of sp³-hybridized carbons (Fsp3) is 0. The van der Waals surface area contributed by atoms with Crippen molar-refractivity contribution in [2.24, 2.45) is 0 Å². The fourth-order valence-corrected chi connectivity index (χ4v) is 8.30. The first-order chi connectivity index (χ1) is 23.3. The molecule has 47 heavy (non-hydrogen) atoms. The molecule has 1 aliphatic heterocycles. The van der Waals surface area contributed by atoms with E-state index in [0.717, 1.165) is 55.7 Å². The zero-order valence-corrected chi connectivity index (χ0v) is 24.9. The van der Waals surface area contributed by atoms with Crippen LogP contribution in [0.2, 0.25) is 0 Å². The van der Waals surface area contributed by atoms with Gasteiger partial charge in [-0.1, -0.05) is 91.0 Å². The summed E-state index contributed by atoms with van der Waals surface area (Å²) in [6, 6.07) is 47.4. The monoisotopic (exact) mass is 598 g/mol. The average molecular weight is 599 g/mol. The highest BCUT2D eigenvalue weighted by molar-refractivity contribution is 6.34. The molecule has 0 aliphatic carbocycles. The highest BCUT2D eigenvalue weighted by atomic mass is 16.3. The van der Waals surface area contributed by atoms with Crippen LogP contribution in [0.1, 0.15) is 0 Å². The van der Waals surface area contributed by atoms with Crippen molar-refractivity contribution in [3.8, 4) is 11.3 Å². The number of para-hydroxylation sites is 3. The summed E-state index contributed by atoms with van der Waals surface area (Å²) in [5, 5.41) is 10.5. The van der Waals surface area contributed by atoms with E-state index >= 15 is 0 Å². The van der Waals surface area contributed by atoms with E-state index in [9.17, 15) is 0 Å². The Labute approximate surface area is 266 Å². The van der Waals surface area contributed by atoms with Crippen molar-refractivity contribution in [1.29, 1.82) is 0 Å². The minimum atomic E-state index is 0.652. The number of benzene rings is 7. The van der Waals surface area contributed by atoms with Gasteiger partial charge in [0.05, 0.1) is 44.5 Å². The molecule has 0 fully saturated rings. The minimum Gasteiger partial charge on any atom is -0.456 e. The number of aromatic nitrogens is 3. The van der Waals surface area contributed by atoms with Gasteiger partial charge in [0.15, 0.2) is 0 Å². The second-order valence-corrected chi connectivity index (χ2v) is 12.6. The Morgan fingerprint density at radius 2 is 1.15 bits per heavy atom. The van der Waals surface area contributed by atoms with Gasteiger partial charge in [-0.15, -0.1) is 0 Å². The minimum absolute atomic E-state index is 0.652. The highest BCUT2D eigenvalue weighted by Gasteiger charge is 2.31. The van der Waals surface area contributed by atoms with Crippen LogP contribution in [-0.2, 0) is 0 Å². The molecule has 0 saturated heterocycles. The molecule has 0 saturated carbocycles. The van der Waals surface area contributed by atoms with Crippen molar-refractivity contribution >= 4 is 99.0 Å². The molecule has 0 spiro atoms. The van der Waals surface area contributed by atoms with Crippen molar-refractivity contribution in [1.82, 2.24) is 14.4 Å². The smallest absolute Gasteiger partial charge is 0.235 e. The summed E-state index contributed by atoms with van der Waals surface area (Å²) < 4.78 is 8.93. The van der Waals surface area contributed by atoms with Gasteiger partial charge in [-0.2, -0.15) is 0 Å². The molecule has 5 heteroatoms. The van der Waals surface area contributed by atoms with Gasteiger partial charge in [0.25, 0.3) is 0 Å². The van der Waals surface area contributed by atoms with E-state index in [1.807, 2.05) is 0 Å². The van der Waals surface area contributed by atoms with E-state index in [1.54, 1.807) is 0 Å². The molecular weight excluding hydrogens is 576 g/mol. The molecule has 0 amide bonds. The van der Waals surface area contributed by atoms with Crippen molar-refractivity contribution in [2.75, 3.05) is 4.90 Å². The quantitative estimate of drug-likeness (QED) is 0.199. The average Bonchev–Trinajstić information content (AvgIpc) is 3.63. The fourth-order valence-electron chi connectivity index (χ4n) is 8.30. The molecular formula is C42H22N4O. The summed E-state index contributed by atoms with van der Waals surface area (Å²) in [5.41, 5.74) is 10.3. The first-order valence-electron chi connectivity index (χ1n) is 15.9. The second kappa shape index (κ2) is 8.22. The normalized spacial score (nSPS) is 13.1. The molecule has 0 atom stereocenters. The number of fused-ring (bicyclic) bond motifs is 4. The van der Waals surface area contributed by atoms with Gasteiger partial charge in [-0.05, 0) is 58.6 Å². The lowest BCUT2D eigenvalue weighted by atomic mass is 10.0. The predicted octanol–water partition coefficient (Wildman–Crippen LogP) is 11.3. The van der Waals surface area contributed by atoms with Gasteiger partial charge >= 0.3 is 0 Å². The van der Waals surface area contributed by atoms with E-state index in [4.69, 9.17) is 14.4 Å². The van der Waals surface area contributed by atoms with Crippen molar-refractivity contribution < 1.29 is 4.42 Å². The van der Waals surface area contributed by atoms with Gasteiger partial charge in [0, 0.05) is 32.5 Å². The summed E-state index contributed by atoms with van der Waals surface area (Å²) in [5.74, 6) is 0.652. The number of hydrogen-bond acceptors (Lipinski definition) is 4. The van der Waals surface area contributed by atoms with E-state index in [-0.39, 0.29) is 0 Å². The predicted molar refractivity (Wildman–Crippen MR) is 193 cm³/mol. The van der Waals surface area contributed by atoms with Crippen LogP contribution >= 0.6 is 0 Å². The van der Waals surface area contributed by atoms with Crippen LogP contribution in [0.3, 0.4) is 0 Å². The maximum absolute atomic E-state index is 6.46. The van der Waals surface area contributed by atoms with Crippen LogP contribution in [-0.4, -0.2) is 14.4 Å². The number of anilines is 3. The third kappa shape index (κ3) is 2.86. The largest absolute Gasteiger partial charge is 0.456 e. The number of rotatable bonds is 2. The van der Waals surface area contributed by atoms with Gasteiger partial charge in [-0.3, -0.25) is 4.90 Å². The Kier molecular flexibility index (Phi) is 4.17. The van der Waals surface area contributed by atoms with Crippen molar-refractivity contribution in [3.63, 3.8) is 0 Å². The van der Waals surface area contributed by atoms with Gasteiger partial charge in [0.2, 0.25) is 5.95 Å². The lowest BCUT2D eigenvalue weighted by Gasteiger charge is -2.29. The van der Waals surface area contributed by atoms with Gasteiger partial charge in [0.1, 0.15) is 11.2 Å². The molecule has 5 nitrogen and oxygen atoms in total. The maximum Gasteiger partial charge on any atom is 0.235 e. The molecule has 4 aromatic heterocycles. The summed E-state index contributed by atoms with van der Waals surface area (Å²) in [4.78, 5) is 13.0. The zero-order chi connectivity index (χ0) is 30.4. The first-order valence-corrected chi connectivity index (χ1v) is 15.9.